The van der Waals surface area contributed by atoms with Crippen molar-refractivity contribution in [3.8, 4) is 0 Å². The molecule has 5 nitrogen and oxygen atoms in total. The molecule has 0 spiro atoms. The van der Waals surface area contributed by atoms with Crippen LogP contribution in [0.5, 0.6) is 0 Å². The number of benzene rings is 2. The lowest BCUT2D eigenvalue weighted by molar-refractivity contribution is 0.0351. The van der Waals surface area contributed by atoms with E-state index in [9.17, 15) is 18.3 Å². The quantitative estimate of drug-likeness (QED) is 0.894. The molecule has 2 aromatic rings. The molecule has 0 saturated carbocycles. The summed E-state index contributed by atoms with van der Waals surface area (Å²) < 4.78 is 25.8. The highest BCUT2D eigenvalue weighted by atomic mass is 32.2. The smallest absolute Gasteiger partial charge is 0.255 e. The third-order valence-electron chi connectivity index (χ3n) is 5.01. The Morgan fingerprint density at radius 2 is 1.77 bits per heavy atom. The molecule has 1 saturated heterocycles. The van der Waals surface area contributed by atoms with Gasteiger partial charge in [-0.05, 0) is 24.6 Å². The summed E-state index contributed by atoms with van der Waals surface area (Å²) in [6.07, 6.45) is 0. The molecule has 2 aromatic carbocycles. The van der Waals surface area contributed by atoms with Crippen LogP contribution in [-0.4, -0.2) is 43.0 Å². The van der Waals surface area contributed by atoms with Crippen LogP contribution in [0.3, 0.4) is 0 Å². The minimum absolute atomic E-state index is 0.0352. The van der Waals surface area contributed by atoms with Crippen LogP contribution >= 0.6 is 0 Å². The molecule has 6 heteroatoms. The van der Waals surface area contributed by atoms with E-state index < -0.39 is 15.4 Å². The lowest BCUT2D eigenvalue weighted by atomic mass is 9.95. The summed E-state index contributed by atoms with van der Waals surface area (Å²) in [6, 6.07) is 15.2. The number of β-amino-alcohol motifs (C(OH)–C–C–N with tert-alkyl or cyclic N) is 1. The molecule has 0 aliphatic carbocycles. The summed E-state index contributed by atoms with van der Waals surface area (Å²) >= 11 is 0. The number of amides is 1. The van der Waals surface area contributed by atoms with Gasteiger partial charge in [-0.2, -0.15) is 0 Å². The van der Waals surface area contributed by atoms with Gasteiger partial charge in [0, 0.05) is 19.0 Å². The van der Waals surface area contributed by atoms with Gasteiger partial charge in [0.15, 0.2) is 9.84 Å². The molecule has 1 amide bonds. The standard InChI is InChI=1S/C20H23NO4S/c1-15-12-21(14-20(15,2)23)19(22)17-10-6-7-11-18(17)26(24,25)13-16-8-4-3-5-9-16/h3-11,15,23H,12-14H2,1-2H3/t15-,20+/m1/s1. The number of hydrogen-bond donors (Lipinski definition) is 1. The van der Waals surface area contributed by atoms with Crippen LogP contribution in [-0.2, 0) is 15.6 Å². The van der Waals surface area contributed by atoms with E-state index in [4.69, 9.17) is 0 Å². The largest absolute Gasteiger partial charge is 0.388 e. The van der Waals surface area contributed by atoms with Gasteiger partial charge in [0.05, 0.1) is 21.8 Å². The Labute approximate surface area is 154 Å². The van der Waals surface area contributed by atoms with Crippen LogP contribution < -0.4 is 0 Å². The molecule has 0 bridgehead atoms. The first-order valence-electron chi connectivity index (χ1n) is 8.58. The zero-order valence-corrected chi connectivity index (χ0v) is 15.7. The Morgan fingerprint density at radius 1 is 1.15 bits per heavy atom. The molecule has 0 unspecified atom stereocenters. The molecular weight excluding hydrogens is 350 g/mol. The summed E-state index contributed by atoms with van der Waals surface area (Å²) in [6.45, 7) is 4.17. The minimum Gasteiger partial charge on any atom is -0.388 e. The number of carbonyl (C=O) groups is 1. The molecule has 26 heavy (non-hydrogen) atoms. The van der Waals surface area contributed by atoms with Crippen LogP contribution in [0.15, 0.2) is 59.5 Å². The summed E-state index contributed by atoms with van der Waals surface area (Å²) in [5.41, 5.74) is -0.131. The number of nitrogens with zero attached hydrogens (tertiary/aromatic N) is 1. The third-order valence-corrected chi connectivity index (χ3v) is 6.75. The second-order valence-corrected chi connectivity index (χ2v) is 9.14. The number of likely N-dealkylation sites (tertiary alicyclic amines) is 1. The van der Waals surface area contributed by atoms with E-state index in [1.165, 1.54) is 17.0 Å². The fourth-order valence-corrected chi connectivity index (χ4v) is 4.81. The zero-order valence-electron chi connectivity index (χ0n) is 14.9. The van der Waals surface area contributed by atoms with E-state index in [1.807, 2.05) is 13.0 Å². The van der Waals surface area contributed by atoms with E-state index in [2.05, 4.69) is 0 Å². The predicted molar refractivity (Wildman–Crippen MR) is 99.5 cm³/mol. The first-order chi connectivity index (χ1) is 12.2. The normalized spacial score (nSPS) is 23.2. The van der Waals surface area contributed by atoms with Gasteiger partial charge in [0.25, 0.3) is 5.91 Å². The van der Waals surface area contributed by atoms with Gasteiger partial charge >= 0.3 is 0 Å². The third kappa shape index (κ3) is 3.66. The van der Waals surface area contributed by atoms with Crippen LogP contribution in [0, 0.1) is 5.92 Å². The average molecular weight is 373 g/mol. The number of aliphatic hydroxyl groups is 1. The first-order valence-corrected chi connectivity index (χ1v) is 10.2. The first kappa shape index (κ1) is 18.6. The monoisotopic (exact) mass is 373 g/mol. The van der Waals surface area contributed by atoms with Crippen LogP contribution in [0.1, 0.15) is 29.8 Å². The van der Waals surface area contributed by atoms with Gasteiger partial charge in [-0.25, -0.2) is 8.42 Å². The Kier molecular flexibility index (Phi) is 4.90. The molecule has 0 aromatic heterocycles. The maximum Gasteiger partial charge on any atom is 0.255 e. The molecular formula is C20H23NO4S. The van der Waals surface area contributed by atoms with E-state index in [0.29, 0.717) is 12.1 Å². The molecule has 138 valence electrons. The highest BCUT2D eigenvalue weighted by Crippen LogP contribution is 2.29. The summed E-state index contributed by atoms with van der Waals surface area (Å²) in [5.74, 6) is -0.590. The molecule has 1 N–H and O–H groups in total. The van der Waals surface area contributed by atoms with Gasteiger partial charge in [-0.3, -0.25) is 4.79 Å². The van der Waals surface area contributed by atoms with Crippen molar-refractivity contribution in [1.82, 2.24) is 4.90 Å². The summed E-state index contributed by atoms with van der Waals surface area (Å²) in [7, 11) is -3.67. The second kappa shape index (κ2) is 6.85. The van der Waals surface area contributed by atoms with Crippen LogP contribution in [0.25, 0.3) is 0 Å². The molecule has 1 fully saturated rings. The van der Waals surface area contributed by atoms with Gasteiger partial charge in [-0.15, -0.1) is 0 Å². The van der Waals surface area contributed by atoms with Crippen molar-refractivity contribution in [2.75, 3.05) is 13.1 Å². The Morgan fingerprint density at radius 3 is 2.38 bits per heavy atom. The number of carbonyl (C=O) groups excluding carboxylic acids is 1. The van der Waals surface area contributed by atoms with Crippen molar-refractivity contribution in [3.05, 3.63) is 65.7 Å². The molecule has 1 aliphatic heterocycles. The Bertz CT molecular complexity index is 906. The van der Waals surface area contributed by atoms with Crippen molar-refractivity contribution in [3.63, 3.8) is 0 Å². The van der Waals surface area contributed by atoms with Crippen molar-refractivity contribution in [2.24, 2.45) is 5.92 Å². The van der Waals surface area contributed by atoms with Crippen molar-refractivity contribution in [1.29, 1.82) is 0 Å². The SMILES string of the molecule is C[C@@H]1CN(C(=O)c2ccccc2S(=O)(=O)Cc2ccccc2)C[C@]1(C)O. The van der Waals surface area contributed by atoms with Crippen LogP contribution in [0.4, 0.5) is 0 Å². The van der Waals surface area contributed by atoms with Gasteiger partial charge < -0.3 is 10.0 Å². The number of sulfone groups is 1. The molecule has 3 rings (SSSR count). The topological polar surface area (TPSA) is 74.7 Å². The lowest BCUT2D eigenvalue weighted by Crippen LogP contribution is -2.35. The zero-order chi connectivity index (χ0) is 18.9. The molecule has 1 heterocycles. The predicted octanol–water partition coefficient (Wildman–Crippen LogP) is 2.50. The molecule has 2 atom stereocenters. The van der Waals surface area contributed by atoms with Crippen molar-refractivity contribution < 1.29 is 18.3 Å². The van der Waals surface area contributed by atoms with E-state index in [-0.39, 0.29) is 34.6 Å². The lowest BCUT2D eigenvalue weighted by Gasteiger charge is -2.21. The van der Waals surface area contributed by atoms with Crippen LogP contribution in [0.2, 0.25) is 0 Å². The summed E-state index contributed by atoms with van der Waals surface area (Å²) in [5, 5.41) is 10.3. The van der Waals surface area contributed by atoms with Crippen molar-refractivity contribution in [2.45, 2.75) is 30.1 Å². The number of hydrogen-bond acceptors (Lipinski definition) is 4. The van der Waals surface area contributed by atoms with E-state index >= 15 is 0 Å². The molecule has 1 aliphatic rings. The Hall–Kier alpha value is -2.18. The fraction of sp³-hybridized carbons (Fsp3) is 0.350. The second-order valence-electron chi connectivity index (χ2n) is 7.18. The highest BCUT2D eigenvalue weighted by molar-refractivity contribution is 7.90. The van der Waals surface area contributed by atoms with Gasteiger partial charge in [0.1, 0.15) is 0 Å². The van der Waals surface area contributed by atoms with E-state index in [1.54, 1.807) is 43.3 Å². The van der Waals surface area contributed by atoms with Gasteiger partial charge in [-0.1, -0.05) is 49.4 Å². The summed E-state index contributed by atoms with van der Waals surface area (Å²) in [4.78, 5) is 14.5. The molecule has 0 radical (unpaired) electrons. The minimum atomic E-state index is -3.67. The maximum atomic E-state index is 13.0. The highest BCUT2D eigenvalue weighted by Gasteiger charge is 2.41. The maximum absolute atomic E-state index is 13.0. The van der Waals surface area contributed by atoms with Gasteiger partial charge in [0.2, 0.25) is 0 Å². The average Bonchev–Trinajstić information content (AvgIpc) is 2.88. The fourth-order valence-electron chi connectivity index (χ4n) is 3.25. The van der Waals surface area contributed by atoms with E-state index in [0.717, 1.165) is 0 Å². The Balaban J connectivity index is 1.92. The number of rotatable bonds is 4. The van der Waals surface area contributed by atoms with Crippen molar-refractivity contribution >= 4 is 15.7 Å².